The smallest absolute Gasteiger partial charge is 0.0664 e. The van der Waals surface area contributed by atoms with Gasteiger partial charge in [0.05, 0.1) is 12.2 Å². The van der Waals surface area contributed by atoms with Crippen LogP contribution in [-0.4, -0.2) is 39.4 Å². The minimum Gasteiger partial charge on any atom is -0.392 e. The van der Waals surface area contributed by atoms with Crippen LogP contribution in [0.15, 0.2) is 24.3 Å². The summed E-state index contributed by atoms with van der Waals surface area (Å²) >= 11 is 0. The Balaban J connectivity index is 2.94. The third-order valence-electron chi connectivity index (χ3n) is 4.63. The molecule has 0 bridgehead atoms. The molecule has 3 nitrogen and oxygen atoms in total. The number of rotatable bonds is 6. The number of benzene rings is 1. The molecule has 0 heterocycles. The summed E-state index contributed by atoms with van der Waals surface area (Å²) < 4.78 is 0. The molecule has 1 aromatic carbocycles. The third-order valence-corrected chi connectivity index (χ3v) is 4.63. The van der Waals surface area contributed by atoms with Crippen LogP contribution < -0.4 is 0 Å². The van der Waals surface area contributed by atoms with Crippen molar-refractivity contribution >= 4 is 0 Å². The van der Waals surface area contributed by atoms with Crippen LogP contribution in [0.3, 0.4) is 0 Å². The van der Waals surface area contributed by atoms with Crippen molar-refractivity contribution in [3.63, 3.8) is 0 Å². The van der Waals surface area contributed by atoms with E-state index in [0.29, 0.717) is 0 Å². The molecule has 126 valence electrons. The average molecular weight is 307 g/mol. The van der Waals surface area contributed by atoms with Crippen LogP contribution in [0.4, 0.5) is 0 Å². The van der Waals surface area contributed by atoms with E-state index in [0.717, 1.165) is 6.54 Å². The SMILES string of the molecule is CC(O)C(C)N(Cc1ccc(C(C)(C)C)cc1)C(C)C(C)O. The summed E-state index contributed by atoms with van der Waals surface area (Å²) in [5.74, 6) is 0. The first kappa shape index (κ1) is 19.1. The number of aliphatic hydroxyl groups is 2. The van der Waals surface area contributed by atoms with Crippen molar-refractivity contribution in [1.29, 1.82) is 0 Å². The van der Waals surface area contributed by atoms with Crippen LogP contribution in [-0.2, 0) is 12.0 Å². The van der Waals surface area contributed by atoms with Crippen molar-refractivity contribution in [2.45, 2.75) is 84.7 Å². The zero-order valence-corrected chi connectivity index (χ0v) is 15.2. The maximum atomic E-state index is 9.93. The molecule has 4 atom stereocenters. The summed E-state index contributed by atoms with van der Waals surface area (Å²) in [6.07, 6.45) is -0.870. The Kier molecular flexibility index (Phi) is 6.60. The molecule has 0 saturated heterocycles. The second kappa shape index (κ2) is 7.58. The van der Waals surface area contributed by atoms with Gasteiger partial charge < -0.3 is 10.2 Å². The third kappa shape index (κ3) is 5.08. The molecule has 22 heavy (non-hydrogen) atoms. The molecule has 1 aromatic rings. The predicted octanol–water partition coefficient (Wildman–Crippen LogP) is 3.32. The zero-order chi connectivity index (χ0) is 17.1. The molecular weight excluding hydrogens is 274 g/mol. The molecule has 0 aliphatic carbocycles. The van der Waals surface area contributed by atoms with E-state index in [1.807, 2.05) is 13.8 Å². The summed E-state index contributed by atoms with van der Waals surface area (Å²) in [5, 5.41) is 19.9. The molecule has 3 heteroatoms. The van der Waals surface area contributed by atoms with Gasteiger partial charge in [0, 0.05) is 18.6 Å². The first-order valence-electron chi connectivity index (χ1n) is 8.25. The first-order valence-corrected chi connectivity index (χ1v) is 8.25. The minimum absolute atomic E-state index is 0.00751. The highest BCUT2D eigenvalue weighted by atomic mass is 16.3. The summed E-state index contributed by atoms with van der Waals surface area (Å²) in [5.41, 5.74) is 2.67. The van der Waals surface area contributed by atoms with Crippen LogP contribution in [0.2, 0.25) is 0 Å². The van der Waals surface area contributed by atoms with Crippen molar-refractivity contribution in [2.75, 3.05) is 0 Å². The van der Waals surface area contributed by atoms with E-state index in [-0.39, 0.29) is 17.5 Å². The fourth-order valence-corrected chi connectivity index (χ4v) is 2.53. The summed E-state index contributed by atoms with van der Waals surface area (Å²) in [4.78, 5) is 2.17. The zero-order valence-electron chi connectivity index (χ0n) is 15.2. The van der Waals surface area contributed by atoms with E-state index in [1.165, 1.54) is 11.1 Å². The molecule has 0 fully saturated rings. The lowest BCUT2D eigenvalue weighted by Crippen LogP contribution is -2.49. The van der Waals surface area contributed by atoms with Crippen LogP contribution in [0.25, 0.3) is 0 Å². The van der Waals surface area contributed by atoms with Crippen molar-refractivity contribution < 1.29 is 10.2 Å². The van der Waals surface area contributed by atoms with Gasteiger partial charge in [-0.25, -0.2) is 0 Å². The molecule has 0 radical (unpaired) electrons. The molecular formula is C19H33NO2. The quantitative estimate of drug-likeness (QED) is 0.847. The highest BCUT2D eigenvalue weighted by Crippen LogP contribution is 2.23. The van der Waals surface area contributed by atoms with Crippen molar-refractivity contribution in [1.82, 2.24) is 4.90 Å². The summed E-state index contributed by atoms with van der Waals surface area (Å²) in [7, 11) is 0. The molecule has 0 aromatic heterocycles. The van der Waals surface area contributed by atoms with E-state index in [2.05, 4.69) is 49.9 Å². The minimum atomic E-state index is -0.435. The molecule has 4 unspecified atom stereocenters. The molecule has 0 aliphatic rings. The van der Waals surface area contributed by atoms with Gasteiger partial charge in [-0.05, 0) is 44.2 Å². The maximum Gasteiger partial charge on any atom is 0.0664 e. The van der Waals surface area contributed by atoms with E-state index in [9.17, 15) is 10.2 Å². The van der Waals surface area contributed by atoms with Crippen LogP contribution in [0.1, 0.15) is 59.6 Å². The average Bonchev–Trinajstić information content (AvgIpc) is 2.42. The van der Waals surface area contributed by atoms with E-state index in [1.54, 1.807) is 13.8 Å². The lowest BCUT2D eigenvalue weighted by Gasteiger charge is -2.37. The lowest BCUT2D eigenvalue weighted by atomic mass is 9.86. The fourth-order valence-electron chi connectivity index (χ4n) is 2.53. The van der Waals surface area contributed by atoms with Gasteiger partial charge in [-0.3, -0.25) is 4.90 Å². The number of nitrogens with zero attached hydrogens (tertiary/aromatic N) is 1. The van der Waals surface area contributed by atoms with Crippen LogP contribution in [0, 0.1) is 0 Å². The summed E-state index contributed by atoms with van der Waals surface area (Å²) in [6, 6.07) is 8.63. The topological polar surface area (TPSA) is 43.7 Å². The van der Waals surface area contributed by atoms with Gasteiger partial charge >= 0.3 is 0 Å². The Bertz CT molecular complexity index is 431. The first-order chi connectivity index (χ1) is 10.0. The largest absolute Gasteiger partial charge is 0.392 e. The van der Waals surface area contributed by atoms with Gasteiger partial charge in [-0.1, -0.05) is 45.0 Å². The number of aliphatic hydroxyl groups excluding tert-OH is 2. The van der Waals surface area contributed by atoms with Gasteiger partial charge in [-0.15, -0.1) is 0 Å². The molecule has 0 saturated carbocycles. The molecule has 0 spiro atoms. The Hall–Kier alpha value is -0.900. The van der Waals surface area contributed by atoms with Gasteiger partial charge in [0.1, 0.15) is 0 Å². The monoisotopic (exact) mass is 307 g/mol. The van der Waals surface area contributed by atoms with Crippen molar-refractivity contribution in [2.24, 2.45) is 0 Å². The van der Waals surface area contributed by atoms with Gasteiger partial charge in [-0.2, -0.15) is 0 Å². The highest BCUT2D eigenvalue weighted by molar-refractivity contribution is 5.27. The highest BCUT2D eigenvalue weighted by Gasteiger charge is 2.26. The second-order valence-electron chi connectivity index (χ2n) is 7.58. The standard InChI is InChI=1S/C19H33NO2/c1-13(15(3)21)20(14(2)16(4)22)12-17-8-10-18(11-9-17)19(5,6)7/h8-11,13-16,21-22H,12H2,1-7H3. The van der Waals surface area contributed by atoms with Crippen LogP contribution in [0.5, 0.6) is 0 Å². The maximum absolute atomic E-state index is 9.93. The Labute approximate surface area is 136 Å². The summed E-state index contributed by atoms with van der Waals surface area (Å²) in [6.45, 7) is 15.0. The van der Waals surface area contributed by atoms with Crippen LogP contribution >= 0.6 is 0 Å². The van der Waals surface area contributed by atoms with Crippen molar-refractivity contribution in [3.8, 4) is 0 Å². The van der Waals surface area contributed by atoms with Gasteiger partial charge in [0.25, 0.3) is 0 Å². The van der Waals surface area contributed by atoms with Gasteiger partial charge in [0.15, 0.2) is 0 Å². The number of hydrogen-bond acceptors (Lipinski definition) is 3. The van der Waals surface area contributed by atoms with Gasteiger partial charge in [0.2, 0.25) is 0 Å². The van der Waals surface area contributed by atoms with E-state index in [4.69, 9.17) is 0 Å². The molecule has 1 rings (SSSR count). The van der Waals surface area contributed by atoms with E-state index >= 15 is 0 Å². The molecule has 0 aliphatic heterocycles. The normalized spacial score (nSPS) is 18.1. The van der Waals surface area contributed by atoms with Crippen molar-refractivity contribution in [3.05, 3.63) is 35.4 Å². The Morgan fingerprint density at radius 3 is 1.59 bits per heavy atom. The van der Waals surface area contributed by atoms with E-state index < -0.39 is 12.2 Å². The predicted molar refractivity (Wildman–Crippen MR) is 93.0 cm³/mol. The lowest BCUT2D eigenvalue weighted by molar-refractivity contribution is -0.00228. The molecule has 2 N–H and O–H groups in total. The fraction of sp³-hybridized carbons (Fsp3) is 0.684. The number of hydrogen-bond donors (Lipinski definition) is 2. The Morgan fingerprint density at radius 2 is 1.27 bits per heavy atom. The second-order valence-corrected chi connectivity index (χ2v) is 7.58. The Morgan fingerprint density at radius 1 is 0.864 bits per heavy atom. The molecule has 0 amide bonds.